The molecular formula is C14H18ClF2N3O. The highest BCUT2D eigenvalue weighted by Crippen LogP contribution is 2.32. The summed E-state index contributed by atoms with van der Waals surface area (Å²) in [6.45, 7) is 1.63. The van der Waals surface area contributed by atoms with E-state index in [1.165, 1.54) is 6.07 Å². The highest BCUT2D eigenvalue weighted by atomic mass is 35.5. The Bertz CT molecular complexity index is 553. The second kappa shape index (κ2) is 6.49. The molecular weight excluding hydrogens is 300 g/mol. The molecule has 0 spiro atoms. The molecule has 2 aliphatic heterocycles. The highest BCUT2D eigenvalue weighted by Gasteiger charge is 2.30. The molecule has 2 aliphatic rings. The van der Waals surface area contributed by atoms with Gasteiger partial charge in [-0.1, -0.05) is 0 Å². The van der Waals surface area contributed by atoms with Gasteiger partial charge in [-0.15, -0.1) is 12.4 Å². The number of nitrogens with two attached hydrogens (primary N) is 1. The molecule has 0 radical (unpaired) electrons. The summed E-state index contributed by atoms with van der Waals surface area (Å²) in [5.74, 6) is -1.02. The lowest BCUT2D eigenvalue weighted by molar-refractivity contribution is 0.146. The molecule has 1 aromatic carbocycles. The van der Waals surface area contributed by atoms with Crippen LogP contribution in [0.15, 0.2) is 24.0 Å². The molecule has 7 heteroatoms. The van der Waals surface area contributed by atoms with Crippen LogP contribution in [-0.2, 0) is 6.42 Å². The van der Waals surface area contributed by atoms with Crippen LogP contribution in [0.25, 0.3) is 0 Å². The topological polar surface area (TPSA) is 50.5 Å². The zero-order valence-corrected chi connectivity index (χ0v) is 12.3. The Morgan fingerprint density at radius 3 is 2.95 bits per heavy atom. The van der Waals surface area contributed by atoms with E-state index >= 15 is 0 Å². The number of nitrogens with one attached hydrogen (secondary N) is 1. The van der Waals surface area contributed by atoms with Crippen molar-refractivity contribution in [1.29, 1.82) is 0 Å². The molecule has 0 aromatic heterocycles. The van der Waals surface area contributed by atoms with E-state index in [-0.39, 0.29) is 24.2 Å². The number of nitrogens with zero attached hydrogens (tertiary/aromatic N) is 1. The van der Waals surface area contributed by atoms with Gasteiger partial charge in [-0.3, -0.25) is 0 Å². The Kier molecular flexibility index (Phi) is 4.90. The van der Waals surface area contributed by atoms with Crippen LogP contribution in [-0.4, -0.2) is 30.8 Å². The smallest absolute Gasteiger partial charge is 0.168 e. The van der Waals surface area contributed by atoms with Gasteiger partial charge in [0.25, 0.3) is 0 Å². The van der Waals surface area contributed by atoms with Crippen LogP contribution < -0.4 is 15.8 Å². The van der Waals surface area contributed by atoms with Crippen LogP contribution in [0.4, 0.5) is 8.78 Å². The van der Waals surface area contributed by atoms with Gasteiger partial charge in [0.15, 0.2) is 11.6 Å². The molecule has 3 rings (SSSR count). The minimum Gasteiger partial charge on any atom is -0.488 e. The average Bonchev–Trinajstić information content (AvgIpc) is 2.86. The molecule has 3 N–H and O–H groups in total. The fourth-order valence-electron chi connectivity index (χ4n) is 2.79. The number of hydrogen-bond donors (Lipinski definition) is 2. The molecule has 0 unspecified atom stereocenters. The minimum absolute atomic E-state index is 0. The Morgan fingerprint density at radius 1 is 1.38 bits per heavy atom. The van der Waals surface area contributed by atoms with Gasteiger partial charge in [-0.25, -0.2) is 8.78 Å². The van der Waals surface area contributed by atoms with Gasteiger partial charge in [0.05, 0.1) is 12.7 Å². The fraction of sp³-hybridized carbons (Fsp3) is 0.429. The van der Waals surface area contributed by atoms with Gasteiger partial charge >= 0.3 is 0 Å². The maximum Gasteiger partial charge on any atom is 0.168 e. The van der Waals surface area contributed by atoms with Crippen LogP contribution in [0.2, 0.25) is 0 Å². The highest BCUT2D eigenvalue weighted by molar-refractivity contribution is 5.85. The second-order valence-electron chi connectivity index (χ2n) is 5.05. The van der Waals surface area contributed by atoms with E-state index in [0.29, 0.717) is 31.8 Å². The van der Waals surface area contributed by atoms with Crippen LogP contribution in [0, 0.1) is 11.6 Å². The fourth-order valence-corrected chi connectivity index (χ4v) is 2.79. The van der Waals surface area contributed by atoms with Crippen LogP contribution in [0.3, 0.4) is 0 Å². The maximum absolute atomic E-state index is 13.6. The van der Waals surface area contributed by atoms with Crippen molar-refractivity contribution in [3.63, 3.8) is 0 Å². The van der Waals surface area contributed by atoms with Crippen molar-refractivity contribution in [2.45, 2.75) is 18.9 Å². The molecule has 116 valence electrons. The van der Waals surface area contributed by atoms with Crippen LogP contribution >= 0.6 is 12.4 Å². The third-order valence-corrected chi connectivity index (χ3v) is 3.70. The van der Waals surface area contributed by atoms with Crippen LogP contribution in [0.5, 0.6) is 5.75 Å². The third-order valence-electron chi connectivity index (χ3n) is 3.70. The zero-order chi connectivity index (χ0) is 14.1. The van der Waals surface area contributed by atoms with E-state index in [4.69, 9.17) is 10.5 Å². The molecule has 21 heavy (non-hydrogen) atoms. The molecule has 0 amide bonds. The maximum atomic E-state index is 13.6. The Labute approximate surface area is 128 Å². The second-order valence-corrected chi connectivity index (χ2v) is 5.05. The molecule has 0 aliphatic carbocycles. The molecule has 0 saturated heterocycles. The molecule has 4 nitrogen and oxygen atoms in total. The Morgan fingerprint density at radius 2 is 2.19 bits per heavy atom. The lowest BCUT2D eigenvalue weighted by atomic mass is 10.0. The monoisotopic (exact) mass is 317 g/mol. The first-order valence-electron chi connectivity index (χ1n) is 6.69. The zero-order valence-electron chi connectivity index (χ0n) is 11.4. The van der Waals surface area contributed by atoms with Crippen molar-refractivity contribution in [3.05, 3.63) is 41.2 Å². The van der Waals surface area contributed by atoms with E-state index in [1.54, 1.807) is 0 Å². The van der Waals surface area contributed by atoms with E-state index in [1.807, 2.05) is 6.20 Å². The molecule has 0 fully saturated rings. The summed E-state index contributed by atoms with van der Waals surface area (Å²) in [7, 11) is 0. The lowest BCUT2D eigenvalue weighted by Crippen LogP contribution is -2.43. The number of ether oxygens (including phenoxy) is 1. The quantitative estimate of drug-likeness (QED) is 0.891. The summed E-state index contributed by atoms with van der Waals surface area (Å²) >= 11 is 0. The number of halogens is 3. The van der Waals surface area contributed by atoms with Crippen molar-refractivity contribution >= 4 is 12.4 Å². The van der Waals surface area contributed by atoms with E-state index in [9.17, 15) is 8.78 Å². The summed E-state index contributed by atoms with van der Waals surface area (Å²) in [5, 5.41) is 3.16. The van der Waals surface area contributed by atoms with Gasteiger partial charge in [0.1, 0.15) is 12.4 Å². The summed E-state index contributed by atoms with van der Waals surface area (Å²) < 4.78 is 32.4. The number of fused-ring (bicyclic) bond motifs is 1. The molecule has 1 aromatic rings. The van der Waals surface area contributed by atoms with Gasteiger partial charge < -0.3 is 20.7 Å². The summed E-state index contributed by atoms with van der Waals surface area (Å²) in [6, 6.07) is 2.27. The third kappa shape index (κ3) is 3.06. The Balaban J connectivity index is 0.00000161. The van der Waals surface area contributed by atoms with Crippen molar-refractivity contribution < 1.29 is 13.5 Å². The SMILES string of the molecule is Cl.NCCC1=CNCN1[C@@H]1COc2c(F)cc(F)cc2C1. The predicted molar refractivity (Wildman–Crippen MR) is 78.2 cm³/mol. The minimum atomic E-state index is -0.629. The Hall–Kier alpha value is -1.53. The number of benzene rings is 1. The molecule has 2 heterocycles. The standard InChI is InChI=1S/C14H17F2N3O.ClH/c15-10-3-9-4-12(7-20-14(9)13(16)5-10)19-8-18-6-11(19)1-2-17;/h3,5-6,12,18H,1-2,4,7-8,17H2;1H/t12-;/m0./s1. The summed E-state index contributed by atoms with van der Waals surface area (Å²) in [6.07, 6.45) is 3.27. The largest absolute Gasteiger partial charge is 0.488 e. The van der Waals surface area contributed by atoms with Crippen molar-refractivity contribution in [3.8, 4) is 5.75 Å². The van der Waals surface area contributed by atoms with E-state index in [0.717, 1.165) is 18.2 Å². The summed E-state index contributed by atoms with van der Waals surface area (Å²) in [5.41, 5.74) is 7.28. The average molecular weight is 318 g/mol. The van der Waals surface area contributed by atoms with E-state index < -0.39 is 11.6 Å². The number of hydrogen-bond acceptors (Lipinski definition) is 4. The van der Waals surface area contributed by atoms with Crippen LogP contribution in [0.1, 0.15) is 12.0 Å². The van der Waals surface area contributed by atoms with Gasteiger partial charge in [0.2, 0.25) is 0 Å². The predicted octanol–water partition coefficient (Wildman–Crippen LogP) is 1.74. The normalized spacial score (nSPS) is 20.0. The van der Waals surface area contributed by atoms with Gasteiger partial charge in [-0.2, -0.15) is 0 Å². The van der Waals surface area contributed by atoms with Gasteiger partial charge in [-0.05, 0) is 19.0 Å². The molecule has 0 saturated carbocycles. The first-order chi connectivity index (χ1) is 9.69. The van der Waals surface area contributed by atoms with E-state index in [2.05, 4.69) is 10.2 Å². The lowest BCUT2D eigenvalue weighted by Gasteiger charge is -2.35. The van der Waals surface area contributed by atoms with Crippen molar-refractivity contribution in [2.75, 3.05) is 19.8 Å². The number of rotatable bonds is 3. The van der Waals surface area contributed by atoms with Gasteiger partial charge in [0, 0.05) is 29.9 Å². The summed E-state index contributed by atoms with van der Waals surface area (Å²) in [4.78, 5) is 2.15. The van der Waals surface area contributed by atoms with Crippen molar-refractivity contribution in [2.24, 2.45) is 5.73 Å². The molecule has 0 bridgehead atoms. The first-order valence-corrected chi connectivity index (χ1v) is 6.69. The first kappa shape index (κ1) is 15.9. The molecule has 1 atom stereocenters. The van der Waals surface area contributed by atoms with Crippen molar-refractivity contribution in [1.82, 2.24) is 10.2 Å².